The van der Waals surface area contributed by atoms with Crippen LogP contribution in [0.4, 0.5) is 0 Å². The van der Waals surface area contributed by atoms with Crippen molar-refractivity contribution in [1.82, 2.24) is 14.8 Å². The van der Waals surface area contributed by atoms with E-state index in [1.54, 1.807) is 41.0 Å². The van der Waals surface area contributed by atoms with Crippen molar-refractivity contribution in [1.29, 1.82) is 0 Å². The number of nitrogens with one attached hydrogen (secondary N) is 1. The van der Waals surface area contributed by atoms with Gasteiger partial charge in [-0.3, -0.25) is 14.4 Å². The van der Waals surface area contributed by atoms with E-state index in [4.69, 9.17) is 11.6 Å². The molecule has 0 unspecified atom stereocenters. The molecule has 1 aliphatic heterocycles. The van der Waals surface area contributed by atoms with Crippen LogP contribution >= 0.6 is 11.6 Å². The summed E-state index contributed by atoms with van der Waals surface area (Å²) < 4.78 is 1.67. The molecule has 0 radical (unpaired) electrons. The summed E-state index contributed by atoms with van der Waals surface area (Å²) in [6.45, 7) is 2.96. The molecule has 0 aliphatic carbocycles. The Morgan fingerprint density at radius 1 is 1.05 bits per heavy atom. The van der Waals surface area contributed by atoms with Crippen LogP contribution in [0.5, 0.6) is 0 Å². The lowest BCUT2D eigenvalue weighted by Crippen LogP contribution is -2.50. The molecule has 1 aromatic heterocycles. The van der Waals surface area contributed by atoms with Gasteiger partial charge in [-0.15, -0.1) is 0 Å². The Hall–Kier alpha value is -3.46. The van der Waals surface area contributed by atoms with Gasteiger partial charge in [0, 0.05) is 30.7 Å². The first-order valence-corrected chi connectivity index (χ1v) is 12.7. The number of likely N-dealkylation sites (tertiary alicyclic amines) is 1. The Kier molecular flexibility index (Phi) is 8.43. The molecule has 2 heterocycles. The van der Waals surface area contributed by atoms with Crippen molar-refractivity contribution in [2.45, 2.75) is 51.1 Å². The fraction of sp³-hybridized carbons (Fsp3) is 0.321. The molecule has 3 atom stereocenters. The average Bonchev–Trinajstić information content (AvgIpc) is 3.41. The van der Waals surface area contributed by atoms with E-state index in [-0.39, 0.29) is 18.1 Å². The smallest absolute Gasteiger partial charge is 0.255 e. The summed E-state index contributed by atoms with van der Waals surface area (Å²) in [6.07, 6.45) is -2.35. The number of aliphatic hydroxyl groups is 2. The Bertz CT molecular complexity index is 1320. The summed E-state index contributed by atoms with van der Waals surface area (Å²) in [6, 6.07) is 19.3. The van der Waals surface area contributed by atoms with Gasteiger partial charge in [0.1, 0.15) is 0 Å². The number of pyridine rings is 1. The molecule has 1 aliphatic rings. The molecule has 1 saturated heterocycles. The molecular weight excluding hydrogens is 494 g/mol. The first-order chi connectivity index (χ1) is 17.8. The molecule has 194 valence electrons. The number of carbonyl (C=O) groups is 2. The minimum atomic E-state index is -1.91. The highest BCUT2D eigenvalue weighted by atomic mass is 35.5. The van der Waals surface area contributed by atoms with Crippen molar-refractivity contribution in [3.63, 3.8) is 0 Å². The second kappa shape index (κ2) is 11.7. The van der Waals surface area contributed by atoms with E-state index >= 15 is 0 Å². The molecule has 0 spiro atoms. The molecule has 2 amide bonds. The fourth-order valence-electron chi connectivity index (χ4n) is 4.72. The number of benzene rings is 2. The van der Waals surface area contributed by atoms with Crippen LogP contribution in [0.3, 0.4) is 0 Å². The predicted octanol–water partition coefficient (Wildman–Crippen LogP) is 2.89. The molecule has 3 aromatic rings. The van der Waals surface area contributed by atoms with Gasteiger partial charge in [-0.2, -0.15) is 0 Å². The van der Waals surface area contributed by atoms with Crippen LogP contribution in [-0.4, -0.2) is 50.2 Å². The molecule has 2 aromatic carbocycles. The van der Waals surface area contributed by atoms with E-state index in [2.05, 4.69) is 5.32 Å². The minimum absolute atomic E-state index is 0.0775. The van der Waals surface area contributed by atoms with Crippen LogP contribution in [0.2, 0.25) is 5.02 Å². The topological polar surface area (TPSA) is 112 Å². The second-order valence-electron chi connectivity index (χ2n) is 9.04. The number of aromatic nitrogens is 1. The first-order valence-electron chi connectivity index (χ1n) is 12.3. The van der Waals surface area contributed by atoms with Gasteiger partial charge >= 0.3 is 0 Å². The van der Waals surface area contributed by atoms with Gasteiger partial charge in [-0.25, -0.2) is 0 Å². The lowest BCUT2D eigenvalue weighted by molar-refractivity contribution is -0.153. The van der Waals surface area contributed by atoms with Crippen LogP contribution in [0.15, 0.2) is 71.5 Å². The number of rotatable bonds is 8. The maximum absolute atomic E-state index is 13.0. The molecule has 1 fully saturated rings. The van der Waals surface area contributed by atoms with Crippen LogP contribution in [-0.2, 0) is 22.7 Å². The van der Waals surface area contributed by atoms with Crippen LogP contribution in [0, 0.1) is 0 Å². The lowest BCUT2D eigenvalue weighted by atomic mass is 10.0. The van der Waals surface area contributed by atoms with E-state index in [1.807, 2.05) is 31.2 Å². The maximum Gasteiger partial charge on any atom is 0.255 e. The first kappa shape index (κ1) is 26.6. The third-order valence-electron chi connectivity index (χ3n) is 6.67. The number of hydrogen-bond donors (Lipinski definition) is 3. The molecular formula is C28H30ClN3O5. The number of amides is 2. The number of halogens is 1. The SMILES string of the molecule is CCn1c(-c2ccc(CNC(=O)[C@H](O)[C@@H](O)C(=O)N3CCC[C@@H]3c3cccc(Cl)c3)cc2)cccc1=O. The molecule has 3 N–H and O–H groups in total. The van der Waals surface area contributed by atoms with Crippen molar-refractivity contribution < 1.29 is 19.8 Å². The van der Waals surface area contributed by atoms with E-state index in [0.717, 1.165) is 28.8 Å². The number of carbonyl (C=O) groups excluding carboxylic acids is 2. The summed E-state index contributed by atoms with van der Waals surface area (Å²) >= 11 is 6.09. The van der Waals surface area contributed by atoms with E-state index in [0.29, 0.717) is 24.5 Å². The normalized spacial score (nSPS) is 16.9. The Balaban J connectivity index is 1.36. The fourth-order valence-corrected chi connectivity index (χ4v) is 4.92. The quantitative estimate of drug-likeness (QED) is 0.420. The van der Waals surface area contributed by atoms with E-state index in [9.17, 15) is 24.6 Å². The predicted molar refractivity (Wildman–Crippen MR) is 141 cm³/mol. The van der Waals surface area contributed by atoms with Gasteiger partial charge in [0.05, 0.1) is 11.7 Å². The average molecular weight is 524 g/mol. The Morgan fingerprint density at radius 3 is 2.49 bits per heavy atom. The standard InChI is InChI=1S/C28H30ClN3O5/c1-2-31-22(8-4-10-24(31)33)19-13-11-18(12-14-19)17-30-27(36)25(34)26(35)28(37)32-15-5-9-23(32)20-6-3-7-21(29)16-20/h3-4,6-8,10-14,16,23,25-26,34-35H,2,5,9,15,17H2,1H3,(H,30,36)/t23-,25-,26-/m1/s1. The molecule has 0 bridgehead atoms. The van der Waals surface area contributed by atoms with Crippen molar-refractivity contribution in [2.24, 2.45) is 0 Å². The van der Waals surface area contributed by atoms with Crippen LogP contribution < -0.4 is 10.9 Å². The molecule has 0 saturated carbocycles. The van der Waals surface area contributed by atoms with Gasteiger partial charge in [-0.1, -0.05) is 54.1 Å². The molecule has 4 rings (SSSR count). The van der Waals surface area contributed by atoms with E-state index < -0.39 is 24.0 Å². The Morgan fingerprint density at radius 2 is 1.78 bits per heavy atom. The van der Waals surface area contributed by atoms with Crippen molar-refractivity contribution in [3.05, 3.63) is 93.2 Å². The number of aliphatic hydroxyl groups excluding tert-OH is 2. The third kappa shape index (κ3) is 5.93. The van der Waals surface area contributed by atoms with Crippen LogP contribution in [0.1, 0.15) is 36.9 Å². The highest BCUT2D eigenvalue weighted by Crippen LogP contribution is 2.33. The van der Waals surface area contributed by atoms with Crippen molar-refractivity contribution >= 4 is 23.4 Å². The van der Waals surface area contributed by atoms with Crippen molar-refractivity contribution in [3.8, 4) is 11.3 Å². The van der Waals surface area contributed by atoms with Gasteiger partial charge in [0.25, 0.3) is 17.4 Å². The second-order valence-corrected chi connectivity index (χ2v) is 9.48. The number of hydrogen-bond acceptors (Lipinski definition) is 5. The maximum atomic E-state index is 13.0. The largest absolute Gasteiger partial charge is 0.380 e. The summed E-state index contributed by atoms with van der Waals surface area (Å²) in [5.41, 5.74) is 3.17. The summed E-state index contributed by atoms with van der Waals surface area (Å²) in [5, 5.41) is 24.0. The zero-order valence-electron chi connectivity index (χ0n) is 20.5. The summed E-state index contributed by atoms with van der Waals surface area (Å²) in [7, 11) is 0. The van der Waals surface area contributed by atoms with Gasteiger partial charge in [0.15, 0.2) is 12.2 Å². The number of nitrogens with zero attached hydrogens (tertiary/aromatic N) is 2. The Labute approximate surface area is 220 Å². The van der Waals surface area contributed by atoms with Crippen LogP contribution in [0.25, 0.3) is 11.3 Å². The van der Waals surface area contributed by atoms with Gasteiger partial charge in [-0.05, 0) is 54.7 Å². The zero-order chi connectivity index (χ0) is 26.5. The van der Waals surface area contributed by atoms with Gasteiger partial charge in [0.2, 0.25) is 0 Å². The highest BCUT2D eigenvalue weighted by molar-refractivity contribution is 6.30. The highest BCUT2D eigenvalue weighted by Gasteiger charge is 2.38. The molecule has 37 heavy (non-hydrogen) atoms. The van der Waals surface area contributed by atoms with Gasteiger partial charge < -0.3 is 25.0 Å². The van der Waals surface area contributed by atoms with E-state index in [1.165, 1.54) is 11.0 Å². The molecule has 9 heteroatoms. The summed E-state index contributed by atoms with van der Waals surface area (Å²) in [4.78, 5) is 39.1. The lowest BCUT2D eigenvalue weighted by Gasteiger charge is -2.28. The monoisotopic (exact) mass is 523 g/mol. The minimum Gasteiger partial charge on any atom is -0.380 e. The molecule has 8 nitrogen and oxygen atoms in total. The third-order valence-corrected chi connectivity index (χ3v) is 6.91. The zero-order valence-corrected chi connectivity index (χ0v) is 21.3. The summed E-state index contributed by atoms with van der Waals surface area (Å²) in [5.74, 6) is -1.54. The van der Waals surface area contributed by atoms with Crippen molar-refractivity contribution in [2.75, 3.05) is 6.54 Å².